The molecule has 0 bridgehead atoms. The van der Waals surface area contributed by atoms with Gasteiger partial charge in [-0.05, 0) is 33.6 Å². The van der Waals surface area contributed by atoms with E-state index in [1.807, 2.05) is 12.1 Å². The molecule has 5 N–H and O–H groups in total. The summed E-state index contributed by atoms with van der Waals surface area (Å²) in [5.74, 6) is -1.08. The van der Waals surface area contributed by atoms with Crippen LogP contribution in [0.15, 0.2) is 68.5 Å². The number of fused-ring (bicyclic) bond motifs is 1. The number of nitrogens with one attached hydrogen (secondary N) is 2. The highest BCUT2D eigenvalue weighted by Gasteiger charge is 2.54. The van der Waals surface area contributed by atoms with Crippen molar-refractivity contribution in [2.45, 2.75) is 27.8 Å². The summed E-state index contributed by atoms with van der Waals surface area (Å²) in [6.07, 6.45) is 5.19. The smallest absolute Gasteiger partial charge is 0.352 e. The van der Waals surface area contributed by atoms with Gasteiger partial charge in [0, 0.05) is 52.7 Å². The monoisotopic (exact) mass is 653 g/mol. The zero-order valence-electron chi connectivity index (χ0n) is 20.5. The number of carboxylic acid groups (broad SMARTS) is 1. The molecule has 0 aliphatic carbocycles. The van der Waals surface area contributed by atoms with Gasteiger partial charge in [0.2, 0.25) is 12.5 Å². The molecule has 2 aromatic heterocycles. The molecule has 1 fully saturated rings. The summed E-state index contributed by atoms with van der Waals surface area (Å²) in [6, 6.07) is 6.52. The number of nitrogens with zero attached hydrogens (tertiary/aromatic N) is 3. The van der Waals surface area contributed by atoms with Crippen LogP contribution in [0.4, 0.5) is 0 Å². The molecule has 206 valence electrons. The number of carboxylic acids is 1. The van der Waals surface area contributed by atoms with E-state index in [1.165, 1.54) is 40.2 Å². The number of amides is 3. The van der Waals surface area contributed by atoms with Crippen molar-refractivity contribution in [3.63, 3.8) is 0 Å². The van der Waals surface area contributed by atoms with Gasteiger partial charge in [-0.1, -0.05) is 0 Å². The number of β-lactam (4-membered cyclic amide) rings is 1. The molecular weight excluding hydrogens is 628 g/mol. The van der Waals surface area contributed by atoms with Crippen LogP contribution in [0.25, 0.3) is 0 Å². The molecule has 2 aromatic rings. The van der Waals surface area contributed by atoms with E-state index in [2.05, 4.69) is 31.5 Å². The molecule has 11 nitrogen and oxygen atoms in total. The molecule has 0 spiro atoms. The molecule has 1 saturated heterocycles. The van der Waals surface area contributed by atoms with Gasteiger partial charge in [0.05, 0.1) is 5.75 Å². The van der Waals surface area contributed by atoms with E-state index in [1.54, 1.807) is 35.3 Å². The van der Waals surface area contributed by atoms with Gasteiger partial charge in [-0.15, -0.1) is 35.3 Å². The van der Waals surface area contributed by atoms with E-state index in [0.29, 0.717) is 34.8 Å². The van der Waals surface area contributed by atoms with Crippen molar-refractivity contribution >= 4 is 74.9 Å². The number of carbonyl (C=O) groups excluding carboxylic acids is 3. The summed E-state index contributed by atoms with van der Waals surface area (Å²) in [5, 5.41) is 14.9. The lowest BCUT2D eigenvalue weighted by atomic mass is 10.0. The van der Waals surface area contributed by atoms with Gasteiger partial charge in [0.25, 0.3) is 11.8 Å². The fourth-order valence-electron chi connectivity index (χ4n) is 3.88. The van der Waals surface area contributed by atoms with E-state index in [-0.39, 0.29) is 29.8 Å². The van der Waals surface area contributed by atoms with Crippen molar-refractivity contribution in [2.24, 2.45) is 5.73 Å². The highest BCUT2D eigenvalue weighted by molar-refractivity contribution is 9.10. The lowest BCUT2D eigenvalue weighted by Crippen LogP contribution is -2.70. The number of hydrogen-bond donors (Lipinski definition) is 4. The van der Waals surface area contributed by atoms with Crippen molar-refractivity contribution in [1.82, 2.24) is 20.5 Å². The lowest BCUT2D eigenvalue weighted by Gasteiger charge is -2.49. The van der Waals surface area contributed by atoms with Crippen molar-refractivity contribution in [3.05, 3.63) is 58.7 Å². The Kier molecular flexibility index (Phi) is 10.3. The van der Waals surface area contributed by atoms with Gasteiger partial charge in [-0.3, -0.25) is 19.3 Å². The molecule has 4 heterocycles. The van der Waals surface area contributed by atoms with E-state index in [9.17, 15) is 24.3 Å². The van der Waals surface area contributed by atoms with Crippen LogP contribution in [-0.2, 0) is 25.7 Å². The summed E-state index contributed by atoms with van der Waals surface area (Å²) < 4.78 is 2.40. The van der Waals surface area contributed by atoms with Crippen molar-refractivity contribution < 1.29 is 28.9 Å². The summed E-state index contributed by atoms with van der Waals surface area (Å²) in [7, 11) is 0. The number of halogens is 1. The summed E-state index contributed by atoms with van der Waals surface area (Å²) in [5.41, 5.74) is 6.02. The van der Waals surface area contributed by atoms with Gasteiger partial charge in [0.15, 0.2) is 12.4 Å². The van der Waals surface area contributed by atoms with Gasteiger partial charge in [-0.25, -0.2) is 9.78 Å². The standard InChI is InChI=1S/C24H25BrN6O5S3/c25-17-9-16(1-5-27-17)38-13-19(33)29-20-22(34)31-21(24(35)36)14(12-39-23(20)31)11-37-15-2-7-30(8-3-15)10-18(32)28-6-4-26/h1-3,5,7-9,20,23H,4,6,10-13,26H2,(H2-,28,29,32,33,35,36)/p+1/t20-,23+/m0/s1. The summed E-state index contributed by atoms with van der Waals surface area (Å²) in [6.45, 7) is 0.970. The van der Waals surface area contributed by atoms with Gasteiger partial charge < -0.3 is 21.5 Å². The first kappa shape index (κ1) is 29.4. The van der Waals surface area contributed by atoms with Crippen LogP contribution in [-0.4, -0.2) is 80.4 Å². The van der Waals surface area contributed by atoms with Crippen LogP contribution < -0.4 is 20.9 Å². The molecule has 15 heteroatoms. The van der Waals surface area contributed by atoms with Crippen molar-refractivity contribution in [2.75, 3.05) is 30.3 Å². The average Bonchev–Trinajstić information content (AvgIpc) is 2.92. The lowest BCUT2D eigenvalue weighted by molar-refractivity contribution is -0.684. The molecule has 0 unspecified atom stereocenters. The van der Waals surface area contributed by atoms with Crippen LogP contribution in [0, 0.1) is 0 Å². The molecular formula is C24H26BrN6O5S3+. The maximum absolute atomic E-state index is 12.9. The largest absolute Gasteiger partial charge is 0.477 e. The first-order valence-electron chi connectivity index (χ1n) is 11.8. The number of rotatable bonds is 12. The highest BCUT2D eigenvalue weighted by Crippen LogP contribution is 2.41. The molecule has 2 atom stereocenters. The molecule has 0 saturated carbocycles. The predicted octanol–water partition coefficient (Wildman–Crippen LogP) is 0.830. The van der Waals surface area contributed by atoms with Crippen LogP contribution in [0.1, 0.15) is 0 Å². The molecule has 3 amide bonds. The molecule has 39 heavy (non-hydrogen) atoms. The van der Waals surface area contributed by atoms with Crippen LogP contribution in [0.2, 0.25) is 0 Å². The number of aliphatic carboxylic acids is 1. The van der Waals surface area contributed by atoms with Crippen LogP contribution >= 0.6 is 51.2 Å². The SMILES string of the molecule is NCCNC(=O)C[n+]1ccc(SCC2=C(C(=O)O)N3C(=O)[C@H](NC(=O)CSc4ccnc(Br)c4)[C@H]3SC2)cc1. The summed E-state index contributed by atoms with van der Waals surface area (Å²) in [4.78, 5) is 56.5. The number of hydrogen-bond acceptors (Lipinski definition) is 9. The van der Waals surface area contributed by atoms with Crippen molar-refractivity contribution in [1.29, 1.82) is 0 Å². The third-order valence-corrected chi connectivity index (χ3v) is 9.57. The topological polar surface area (TPSA) is 159 Å². The van der Waals surface area contributed by atoms with E-state index >= 15 is 0 Å². The minimum Gasteiger partial charge on any atom is -0.477 e. The van der Waals surface area contributed by atoms with Crippen LogP contribution in [0.3, 0.4) is 0 Å². The number of thioether (sulfide) groups is 3. The molecule has 0 aromatic carbocycles. The Hall–Kier alpha value is -2.59. The minimum absolute atomic E-state index is 0.0136. The zero-order valence-corrected chi connectivity index (χ0v) is 24.6. The van der Waals surface area contributed by atoms with E-state index in [0.717, 1.165) is 9.79 Å². The molecule has 2 aliphatic heterocycles. The maximum Gasteiger partial charge on any atom is 0.352 e. The van der Waals surface area contributed by atoms with Gasteiger partial charge >= 0.3 is 5.97 Å². The van der Waals surface area contributed by atoms with Gasteiger partial charge in [-0.2, -0.15) is 4.57 Å². The average molecular weight is 655 g/mol. The predicted molar refractivity (Wildman–Crippen MR) is 152 cm³/mol. The van der Waals surface area contributed by atoms with E-state index in [4.69, 9.17) is 5.73 Å². The Bertz CT molecular complexity index is 1300. The van der Waals surface area contributed by atoms with E-state index < -0.39 is 23.3 Å². The molecule has 0 radical (unpaired) electrons. The third-order valence-electron chi connectivity index (χ3n) is 5.70. The fourth-order valence-corrected chi connectivity index (χ4v) is 7.50. The zero-order chi connectivity index (χ0) is 27.9. The van der Waals surface area contributed by atoms with Crippen LogP contribution in [0.5, 0.6) is 0 Å². The molecule has 4 rings (SSSR count). The second-order valence-electron chi connectivity index (χ2n) is 8.45. The minimum atomic E-state index is -1.16. The fraction of sp³-hybridized carbons (Fsp3) is 0.333. The Balaban J connectivity index is 1.32. The first-order valence-corrected chi connectivity index (χ1v) is 15.6. The summed E-state index contributed by atoms with van der Waals surface area (Å²) >= 11 is 7.50. The quantitative estimate of drug-likeness (QED) is 0.112. The first-order chi connectivity index (χ1) is 18.8. The normalized spacial score (nSPS) is 18.3. The third kappa shape index (κ3) is 7.54. The second kappa shape index (κ2) is 13.7. The second-order valence-corrected chi connectivity index (χ2v) is 12.5. The molecule has 2 aliphatic rings. The highest BCUT2D eigenvalue weighted by atomic mass is 79.9. The Morgan fingerprint density at radius 3 is 2.67 bits per heavy atom. The Morgan fingerprint density at radius 2 is 1.97 bits per heavy atom. The Labute approximate surface area is 245 Å². The number of carbonyl (C=O) groups is 4. The number of pyridine rings is 2. The van der Waals surface area contributed by atoms with Gasteiger partial charge in [0.1, 0.15) is 21.7 Å². The number of aromatic nitrogens is 2. The maximum atomic E-state index is 12.9. The van der Waals surface area contributed by atoms with Crippen molar-refractivity contribution in [3.8, 4) is 0 Å². The Morgan fingerprint density at radius 1 is 1.21 bits per heavy atom. The number of nitrogens with two attached hydrogens (primary N) is 1.